The molecule has 3 rings (SSSR count). The molecule has 3 aromatic carbocycles. The highest BCUT2D eigenvalue weighted by atomic mass is 19.2. The first-order chi connectivity index (χ1) is 19.3. The summed E-state index contributed by atoms with van der Waals surface area (Å²) in [5, 5.41) is 2.63. The summed E-state index contributed by atoms with van der Waals surface area (Å²) in [6, 6.07) is 18.3. The molecule has 0 aliphatic rings. The van der Waals surface area contributed by atoms with Crippen LogP contribution < -0.4 is 14.8 Å². The summed E-state index contributed by atoms with van der Waals surface area (Å²) in [4.78, 5) is 26.6. The Morgan fingerprint density at radius 2 is 1.77 bits per heavy atom. The van der Waals surface area contributed by atoms with Gasteiger partial charge >= 0.3 is 6.09 Å². The van der Waals surface area contributed by atoms with Crippen molar-refractivity contribution in [3.63, 3.8) is 0 Å². The highest BCUT2D eigenvalue weighted by molar-refractivity contribution is 5.89. The topological polar surface area (TPSA) is 77.1 Å². The Morgan fingerprint density at radius 3 is 2.50 bits per heavy atom. The Kier molecular flexibility index (Phi) is 11.3. The lowest BCUT2D eigenvalue weighted by atomic mass is 10.1. The fraction of sp³-hybridized carbons (Fsp3) is 0.226. The van der Waals surface area contributed by atoms with E-state index in [1.54, 1.807) is 24.3 Å². The zero-order valence-electron chi connectivity index (χ0n) is 22.5. The molecule has 0 saturated carbocycles. The number of benzene rings is 3. The second-order valence-electron chi connectivity index (χ2n) is 8.76. The van der Waals surface area contributed by atoms with E-state index in [0.29, 0.717) is 23.5 Å². The van der Waals surface area contributed by atoms with E-state index in [0.717, 1.165) is 11.6 Å². The fourth-order valence-electron chi connectivity index (χ4n) is 3.81. The van der Waals surface area contributed by atoms with Crippen LogP contribution in [0.4, 0.5) is 13.6 Å². The van der Waals surface area contributed by atoms with Crippen LogP contribution >= 0.6 is 0 Å². The van der Waals surface area contributed by atoms with Gasteiger partial charge in [0.2, 0.25) is 5.91 Å². The van der Waals surface area contributed by atoms with E-state index in [1.165, 1.54) is 37.3 Å². The monoisotopic (exact) mass is 550 g/mol. The Labute approximate surface area is 232 Å². The Morgan fingerprint density at radius 1 is 1.00 bits per heavy atom. The number of alkyl carbamates (subject to hydrolysis) is 1. The number of carbonyl (C=O) groups excluding carboxylic acids is 2. The molecular weight excluding hydrogens is 518 g/mol. The Bertz CT molecular complexity index is 1340. The minimum Gasteiger partial charge on any atom is -0.497 e. The van der Waals surface area contributed by atoms with Crippen LogP contribution in [0.5, 0.6) is 11.5 Å². The average Bonchev–Trinajstić information content (AvgIpc) is 2.97. The molecule has 7 nitrogen and oxygen atoms in total. The summed E-state index contributed by atoms with van der Waals surface area (Å²) in [6.07, 6.45) is 2.78. The van der Waals surface area contributed by atoms with Gasteiger partial charge in [0.1, 0.15) is 18.1 Å². The number of carbonyl (C=O) groups is 2. The van der Waals surface area contributed by atoms with Crippen LogP contribution in [0.15, 0.2) is 85.5 Å². The maximum atomic E-state index is 14.4. The van der Waals surface area contributed by atoms with Crippen LogP contribution in [0, 0.1) is 11.6 Å². The van der Waals surface area contributed by atoms with Crippen molar-refractivity contribution in [2.75, 3.05) is 27.3 Å². The minimum atomic E-state index is -1.03. The van der Waals surface area contributed by atoms with Gasteiger partial charge < -0.3 is 24.4 Å². The highest BCUT2D eigenvalue weighted by Gasteiger charge is 2.19. The Hall–Kier alpha value is -4.66. The first-order valence-corrected chi connectivity index (χ1v) is 12.6. The van der Waals surface area contributed by atoms with Crippen molar-refractivity contribution in [2.24, 2.45) is 0 Å². The van der Waals surface area contributed by atoms with Crippen molar-refractivity contribution in [2.45, 2.75) is 19.6 Å². The molecule has 0 aliphatic carbocycles. The molecule has 1 N–H and O–H groups in total. The molecule has 0 bridgehead atoms. The van der Waals surface area contributed by atoms with Crippen LogP contribution in [0.1, 0.15) is 23.1 Å². The molecule has 0 radical (unpaired) electrons. The van der Waals surface area contributed by atoms with E-state index >= 15 is 0 Å². The zero-order chi connectivity index (χ0) is 28.9. The number of hydrogen-bond donors (Lipinski definition) is 1. The van der Waals surface area contributed by atoms with Gasteiger partial charge in [-0.1, -0.05) is 55.1 Å². The number of nitrogens with one attached hydrogen (secondary N) is 1. The standard InChI is InChI=1S/C31H32F2N2O5/c1-22(26-12-9-13-27(32)30(26)33)19-35(20-24-15-16-25(38-2)18-28(24)39-3)29(36)14-7-8-17-34-31(37)40-21-23-10-5-4-6-11-23/h4-7,9-16,18H,1,8,17,19-21H2,2-3H3,(H,34,37). The van der Waals surface area contributed by atoms with Crippen molar-refractivity contribution < 1.29 is 32.6 Å². The second kappa shape index (κ2) is 15.1. The lowest BCUT2D eigenvalue weighted by Crippen LogP contribution is -2.31. The predicted octanol–water partition coefficient (Wildman–Crippen LogP) is 5.90. The third kappa shape index (κ3) is 8.69. The van der Waals surface area contributed by atoms with Gasteiger partial charge in [-0.25, -0.2) is 13.6 Å². The summed E-state index contributed by atoms with van der Waals surface area (Å²) in [6.45, 7) is 4.34. The first-order valence-electron chi connectivity index (χ1n) is 12.6. The number of rotatable bonds is 13. The average molecular weight is 551 g/mol. The molecule has 0 heterocycles. The van der Waals surface area contributed by atoms with Gasteiger partial charge in [-0.15, -0.1) is 0 Å². The highest BCUT2D eigenvalue weighted by Crippen LogP contribution is 2.27. The summed E-state index contributed by atoms with van der Waals surface area (Å²) < 4.78 is 44.1. The van der Waals surface area contributed by atoms with Crippen LogP contribution in [-0.2, 0) is 22.7 Å². The number of ether oxygens (including phenoxy) is 3. The van der Waals surface area contributed by atoms with Crippen molar-refractivity contribution in [3.8, 4) is 11.5 Å². The molecule has 40 heavy (non-hydrogen) atoms. The quantitative estimate of drug-likeness (QED) is 0.212. The van der Waals surface area contributed by atoms with E-state index in [4.69, 9.17) is 14.2 Å². The van der Waals surface area contributed by atoms with Crippen molar-refractivity contribution in [1.29, 1.82) is 0 Å². The first kappa shape index (κ1) is 29.9. The summed E-state index contributed by atoms with van der Waals surface area (Å²) in [5.41, 5.74) is 1.77. The minimum absolute atomic E-state index is 0.0123. The van der Waals surface area contributed by atoms with Gasteiger partial charge in [0.05, 0.1) is 14.2 Å². The largest absolute Gasteiger partial charge is 0.497 e. The van der Waals surface area contributed by atoms with Gasteiger partial charge in [0.15, 0.2) is 11.6 Å². The molecule has 0 aromatic heterocycles. The number of methoxy groups -OCH3 is 2. The van der Waals surface area contributed by atoms with Crippen molar-refractivity contribution in [1.82, 2.24) is 10.2 Å². The van der Waals surface area contributed by atoms with Gasteiger partial charge in [0, 0.05) is 36.8 Å². The van der Waals surface area contributed by atoms with E-state index in [2.05, 4.69) is 11.9 Å². The number of amides is 2. The fourth-order valence-corrected chi connectivity index (χ4v) is 3.81. The van der Waals surface area contributed by atoms with Crippen LogP contribution in [-0.4, -0.2) is 44.2 Å². The SMILES string of the molecule is C=C(CN(Cc1ccc(OC)cc1OC)C(=O)C=CCCNC(=O)OCc1ccccc1)c1cccc(F)c1F. The van der Waals surface area contributed by atoms with E-state index < -0.39 is 17.7 Å². The normalized spacial score (nSPS) is 10.7. The smallest absolute Gasteiger partial charge is 0.407 e. The van der Waals surface area contributed by atoms with Gasteiger partial charge in [-0.05, 0) is 41.8 Å². The Balaban J connectivity index is 1.64. The molecule has 0 fully saturated rings. The molecule has 0 saturated heterocycles. The van der Waals surface area contributed by atoms with E-state index in [-0.39, 0.29) is 43.3 Å². The van der Waals surface area contributed by atoms with Crippen molar-refractivity contribution in [3.05, 3.63) is 114 Å². The summed E-state index contributed by atoms with van der Waals surface area (Å²) >= 11 is 0. The van der Waals surface area contributed by atoms with Crippen LogP contribution in [0.25, 0.3) is 5.57 Å². The van der Waals surface area contributed by atoms with Crippen LogP contribution in [0.3, 0.4) is 0 Å². The molecule has 9 heteroatoms. The van der Waals surface area contributed by atoms with Gasteiger partial charge in [-0.2, -0.15) is 0 Å². The second-order valence-corrected chi connectivity index (χ2v) is 8.76. The summed E-state index contributed by atoms with van der Waals surface area (Å²) in [7, 11) is 3.04. The number of halogens is 2. The number of hydrogen-bond acceptors (Lipinski definition) is 5. The lowest BCUT2D eigenvalue weighted by Gasteiger charge is -2.24. The predicted molar refractivity (Wildman–Crippen MR) is 149 cm³/mol. The molecule has 3 aromatic rings. The third-order valence-corrected chi connectivity index (χ3v) is 5.93. The molecule has 0 atom stereocenters. The van der Waals surface area contributed by atoms with Gasteiger partial charge in [-0.3, -0.25) is 4.79 Å². The van der Waals surface area contributed by atoms with Crippen molar-refractivity contribution >= 4 is 17.6 Å². The molecular formula is C31H32F2N2O5. The molecule has 210 valence electrons. The van der Waals surface area contributed by atoms with Gasteiger partial charge in [0.25, 0.3) is 0 Å². The third-order valence-electron chi connectivity index (χ3n) is 5.93. The molecule has 2 amide bonds. The molecule has 0 unspecified atom stereocenters. The van der Waals surface area contributed by atoms with E-state index in [9.17, 15) is 18.4 Å². The number of nitrogens with zero attached hydrogens (tertiary/aromatic N) is 1. The maximum absolute atomic E-state index is 14.4. The molecule has 0 spiro atoms. The molecule has 0 aliphatic heterocycles. The zero-order valence-corrected chi connectivity index (χ0v) is 22.5. The van der Waals surface area contributed by atoms with Crippen LogP contribution in [0.2, 0.25) is 0 Å². The summed E-state index contributed by atoms with van der Waals surface area (Å²) in [5.74, 6) is -1.32. The lowest BCUT2D eigenvalue weighted by molar-refractivity contribution is -0.126. The van der Waals surface area contributed by atoms with E-state index in [1.807, 2.05) is 30.3 Å². The maximum Gasteiger partial charge on any atom is 0.407 e.